The second-order valence-corrected chi connectivity index (χ2v) is 6.83. The molecule has 1 heterocycles. The summed E-state index contributed by atoms with van der Waals surface area (Å²) in [4.78, 5) is 2.44. The highest BCUT2D eigenvalue weighted by molar-refractivity contribution is 6.31. The van der Waals surface area contributed by atoms with Gasteiger partial charge in [-0.05, 0) is 57.7 Å². The van der Waals surface area contributed by atoms with Crippen LogP contribution in [0.3, 0.4) is 0 Å². The van der Waals surface area contributed by atoms with Crippen LogP contribution >= 0.6 is 11.6 Å². The van der Waals surface area contributed by atoms with E-state index in [4.69, 9.17) is 11.6 Å². The molecule has 0 aliphatic carbocycles. The van der Waals surface area contributed by atoms with Crippen LogP contribution in [0.15, 0.2) is 18.2 Å². The number of halogens is 1. The van der Waals surface area contributed by atoms with Crippen molar-refractivity contribution in [2.45, 2.75) is 52.1 Å². The van der Waals surface area contributed by atoms with Gasteiger partial charge in [0.05, 0.1) is 0 Å². The van der Waals surface area contributed by atoms with Crippen molar-refractivity contribution in [3.8, 4) is 0 Å². The minimum absolute atomic E-state index is 0.120. The normalized spacial score (nSPS) is 16.7. The Bertz CT molecular complexity index is 417. The fourth-order valence-electron chi connectivity index (χ4n) is 2.39. The Kier molecular flexibility index (Phi) is 4.75. The lowest BCUT2D eigenvalue weighted by molar-refractivity contribution is 0.424. The van der Waals surface area contributed by atoms with E-state index in [0.29, 0.717) is 0 Å². The van der Waals surface area contributed by atoms with Gasteiger partial charge in [0, 0.05) is 35.9 Å². The molecule has 0 saturated carbocycles. The summed E-state index contributed by atoms with van der Waals surface area (Å²) in [6, 6.07) is 6.48. The molecule has 1 saturated heterocycles. The fraction of sp³-hybridized carbons (Fsp3) is 0.625. The molecule has 2 rings (SSSR count). The fourth-order valence-corrected chi connectivity index (χ4v) is 2.63. The molecule has 0 aromatic heterocycles. The van der Waals surface area contributed by atoms with Crippen LogP contribution in [-0.2, 0) is 6.54 Å². The minimum Gasteiger partial charge on any atom is -0.371 e. The number of nitrogens with zero attached hydrogens (tertiary/aromatic N) is 1. The molecule has 1 aliphatic heterocycles. The molecule has 0 spiro atoms. The summed E-state index contributed by atoms with van der Waals surface area (Å²) in [7, 11) is 0. The van der Waals surface area contributed by atoms with E-state index < -0.39 is 0 Å². The largest absolute Gasteiger partial charge is 0.371 e. The maximum atomic E-state index is 6.41. The Morgan fingerprint density at radius 3 is 2.42 bits per heavy atom. The van der Waals surface area contributed by atoms with E-state index in [2.05, 4.69) is 49.2 Å². The van der Waals surface area contributed by atoms with Gasteiger partial charge in [0.2, 0.25) is 0 Å². The first-order valence-electron chi connectivity index (χ1n) is 7.24. The molecule has 0 radical (unpaired) electrons. The monoisotopic (exact) mass is 280 g/mol. The van der Waals surface area contributed by atoms with Gasteiger partial charge in [0.25, 0.3) is 0 Å². The quantitative estimate of drug-likeness (QED) is 0.892. The van der Waals surface area contributed by atoms with Gasteiger partial charge >= 0.3 is 0 Å². The average Bonchev–Trinajstić information content (AvgIpc) is 2.37. The topological polar surface area (TPSA) is 15.3 Å². The van der Waals surface area contributed by atoms with Gasteiger partial charge in [-0.2, -0.15) is 0 Å². The zero-order valence-electron chi connectivity index (χ0n) is 12.3. The second kappa shape index (κ2) is 6.15. The van der Waals surface area contributed by atoms with Crippen LogP contribution in [0.25, 0.3) is 0 Å². The molecule has 1 aromatic rings. The highest BCUT2D eigenvalue weighted by Gasteiger charge is 2.13. The van der Waals surface area contributed by atoms with Gasteiger partial charge in [-0.1, -0.05) is 17.7 Å². The SMILES string of the molecule is CC(C)(C)NCc1ccc(N2CCCCC2)cc1Cl. The van der Waals surface area contributed by atoms with E-state index in [1.807, 2.05) is 0 Å². The lowest BCUT2D eigenvalue weighted by Crippen LogP contribution is -2.35. The number of hydrogen-bond acceptors (Lipinski definition) is 2. The van der Waals surface area contributed by atoms with Crippen molar-refractivity contribution >= 4 is 17.3 Å². The van der Waals surface area contributed by atoms with E-state index >= 15 is 0 Å². The molecule has 1 aliphatic rings. The number of hydrogen-bond donors (Lipinski definition) is 1. The first-order valence-corrected chi connectivity index (χ1v) is 7.62. The maximum absolute atomic E-state index is 6.41. The molecule has 1 fully saturated rings. The zero-order chi connectivity index (χ0) is 13.9. The van der Waals surface area contributed by atoms with Gasteiger partial charge in [-0.3, -0.25) is 0 Å². The molecule has 0 amide bonds. The van der Waals surface area contributed by atoms with Crippen molar-refractivity contribution in [3.63, 3.8) is 0 Å². The van der Waals surface area contributed by atoms with Crippen molar-refractivity contribution in [1.82, 2.24) is 5.32 Å². The Morgan fingerprint density at radius 1 is 1.16 bits per heavy atom. The van der Waals surface area contributed by atoms with Gasteiger partial charge in [0.1, 0.15) is 0 Å². The summed E-state index contributed by atoms with van der Waals surface area (Å²) in [5.41, 5.74) is 2.57. The molecule has 106 valence electrons. The smallest absolute Gasteiger partial charge is 0.0471 e. The maximum Gasteiger partial charge on any atom is 0.0471 e. The number of anilines is 1. The van der Waals surface area contributed by atoms with E-state index in [-0.39, 0.29) is 5.54 Å². The number of rotatable bonds is 3. The van der Waals surface area contributed by atoms with Crippen molar-refractivity contribution in [3.05, 3.63) is 28.8 Å². The van der Waals surface area contributed by atoms with E-state index in [0.717, 1.165) is 24.7 Å². The number of benzene rings is 1. The summed E-state index contributed by atoms with van der Waals surface area (Å²) in [5.74, 6) is 0. The third-order valence-electron chi connectivity index (χ3n) is 3.57. The lowest BCUT2D eigenvalue weighted by atomic mass is 10.1. The van der Waals surface area contributed by atoms with E-state index in [1.165, 1.54) is 30.5 Å². The highest BCUT2D eigenvalue weighted by Crippen LogP contribution is 2.26. The molecule has 3 heteroatoms. The van der Waals surface area contributed by atoms with E-state index in [9.17, 15) is 0 Å². The first-order chi connectivity index (χ1) is 8.96. The van der Waals surface area contributed by atoms with Crippen LogP contribution in [-0.4, -0.2) is 18.6 Å². The van der Waals surface area contributed by atoms with Crippen LogP contribution in [0, 0.1) is 0 Å². The van der Waals surface area contributed by atoms with Crippen LogP contribution in [0.1, 0.15) is 45.6 Å². The second-order valence-electron chi connectivity index (χ2n) is 6.43. The number of nitrogens with one attached hydrogen (secondary N) is 1. The predicted molar refractivity (Wildman–Crippen MR) is 84.1 cm³/mol. The molecule has 0 atom stereocenters. The standard InChI is InChI=1S/C16H25ClN2/c1-16(2,3)18-12-13-7-8-14(11-15(13)17)19-9-5-4-6-10-19/h7-8,11,18H,4-6,9-10,12H2,1-3H3. The van der Waals surface area contributed by atoms with Crippen molar-refractivity contribution in [2.75, 3.05) is 18.0 Å². The van der Waals surface area contributed by atoms with Gasteiger partial charge in [-0.25, -0.2) is 0 Å². The third-order valence-corrected chi connectivity index (χ3v) is 3.92. The molecular formula is C16H25ClN2. The van der Waals surface area contributed by atoms with Crippen LogP contribution in [0.2, 0.25) is 5.02 Å². The van der Waals surface area contributed by atoms with Gasteiger partial charge < -0.3 is 10.2 Å². The molecule has 0 unspecified atom stereocenters. The van der Waals surface area contributed by atoms with Crippen LogP contribution < -0.4 is 10.2 Å². The zero-order valence-corrected chi connectivity index (χ0v) is 13.1. The Labute approximate surface area is 122 Å². The van der Waals surface area contributed by atoms with Gasteiger partial charge in [-0.15, -0.1) is 0 Å². The first kappa shape index (κ1) is 14.7. The minimum atomic E-state index is 0.120. The Balaban J connectivity index is 2.04. The lowest BCUT2D eigenvalue weighted by Gasteiger charge is -2.29. The van der Waals surface area contributed by atoms with Crippen LogP contribution in [0.4, 0.5) is 5.69 Å². The molecule has 2 nitrogen and oxygen atoms in total. The van der Waals surface area contributed by atoms with Crippen molar-refractivity contribution in [2.24, 2.45) is 0 Å². The average molecular weight is 281 g/mol. The summed E-state index contributed by atoms with van der Waals surface area (Å²) in [6.07, 6.45) is 3.95. The van der Waals surface area contributed by atoms with Crippen molar-refractivity contribution in [1.29, 1.82) is 0 Å². The van der Waals surface area contributed by atoms with E-state index in [1.54, 1.807) is 0 Å². The molecule has 19 heavy (non-hydrogen) atoms. The molecule has 0 bridgehead atoms. The van der Waals surface area contributed by atoms with Crippen molar-refractivity contribution < 1.29 is 0 Å². The third kappa shape index (κ3) is 4.39. The van der Waals surface area contributed by atoms with Crippen LogP contribution in [0.5, 0.6) is 0 Å². The number of piperidine rings is 1. The highest BCUT2D eigenvalue weighted by atomic mass is 35.5. The predicted octanol–water partition coefficient (Wildman–Crippen LogP) is 4.22. The summed E-state index contributed by atoms with van der Waals surface area (Å²) >= 11 is 6.41. The Morgan fingerprint density at radius 2 is 1.84 bits per heavy atom. The molecular weight excluding hydrogens is 256 g/mol. The molecule has 1 aromatic carbocycles. The summed E-state index contributed by atoms with van der Waals surface area (Å²) < 4.78 is 0. The summed E-state index contributed by atoms with van der Waals surface area (Å²) in [6.45, 7) is 9.66. The van der Waals surface area contributed by atoms with Gasteiger partial charge in [0.15, 0.2) is 0 Å². The summed E-state index contributed by atoms with van der Waals surface area (Å²) in [5, 5.41) is 4.35. The Hall–Kier alpha value is -0.730. The molecule has 1 N–H and O–H groups in total.